The first kappa shape index (κ1) is 16.2. The molecule has 0 saturated carbocycles. The molecule has 0 spiro atoms. The minimum absolute atomic E-state index is 0.0384. The van der Waals surface area contributed by atoms with Gasteiger partial charge in [-0.05, 0) is 12.1 Å². The summed E-state index contributed by atoms with van der Waals surface area (Å²) in [7, 11) is -2.88. The zero-order valence-electron chi connectivity index (χ0n) is 10.2. The summed E-state index contributed by atoms with van der Waals surface area (Å²) < 4.78 is 63.1. The molecule has 0 saturated heterocycles. The van der Waals surface area contributed by atoms with Crippen LogP contribution in [0.2, 0.25) is 0 Å². The number of sulfonamides is 1. The number of benzene rings is 1. The van der Waals surface area contributed by atoms with Crippen LogP contribution in [0.3, 0.4) is 0 Å². The van der Waals surface area contributed by atoms with E-state index in [2.05, 4.69) is 0 Å². The molecule has 0 unspecified atom stereocenters. The van der Waals surface area contributed by atoms with Crippen molar-refractivity contribution in [2.45, 2.75) is 17.5 Å². The molecule has 6 nitrogen and oxygen atoms in total. The zero-order chi connectivity index (χ0) is 15.6. The molecule has 0 atom stereocenters. The molecule has 0 bridgehead atoms. The first-order valence-electron chi connectivity index (χ1n) is 5.10. The van der Waals surface area contributed by atoms with Crippen molar-refractivity contribution in [1.82, 2.24) is 0 Å². The molecule has 0 fully saturated rings. The summed E-state index contributed by atoms with van der Waals surface area (Å²) in [5.74, 6) is -1.46. The predicted octanol–water partition coefficient (Wildman–Crippen LogP) is 1.23. The van der Waals surface area contributed by atoms with Gasteiger partial charge in [-0.3, -0.25) is 4.79 Å². The van der Waals surface area contributed by atoms with Crippen molar-refractivity contribution in [2.24, 2.45) is 5.14 Å². The number of halogens is 3. The molecule has 20 heavy (non-hydrogen) atoms. The Hall–Kier alpha value is -1.81. The number of hydrogen-bond acceptors (Lipinski definition) is 4. The van der Waals surface area contributed by atoms with Crippen LogP contribution in [-0.4, -0.2) is 27.6 Å². The highest BCUT2D eigenvalue weighted by Gasteiger charge is 2.31. The van der Waals surface area contributed by atoms with E-state index in [1.165, 1.54) is 0 Å². The third-order valence-electron chi connectivity index (χ3n) is 2.11. The average Bonchev–Trinajstić information content (AvgIpc) is 2.24. The number of alkyl halides is 3. The maximum absolute atomic E-state index is 12.0. The fourth-order valence-electron chi connectivity index (χ4n) is 1.37. The van der Waals surface area contributed by atoms with Crippen LogP contribution in [0, 0.1) is 0 Å². The van der Waals surface area contributed by atoms with Gasteiger partial charge in [0, 0.05) is 11.8 Å². The summed E-state index contributed by atoms with van der Waals surface area (Å²) in [5, 5.41) is 6.90. The number of carbonyl (C=O) groups excluding carboxylic acids is 1. The van der Waals surface area contributed by atoms with Gasteiger partial charge >= 0.3 is 6.18 Å². The molecule has 0 heterocycles. The van der Waals surface area contributed by atoms with Crippen molar-refractivity contribution >= 4 is 21.6 Å². The van der Waals surface area contributed by atoms with Crippen LogP contribution in [-0.2, 0) is 14.8 Å². The second kappa shape index (κ2) is 5.67. The lowest BCUT2D eigenvalue weighted by Gasteiger charge is -2.11. The van der Waals surface area contributed by atoms with Crippen LogP contribution >= 0.6 is 0 Å². The molecule has 1 rings (SSSR count). The van der Waals surface area contributed by atoms with E-state index in [9.17, 15) is 26.4 Å². The van der Waals surface area contributed by atoms with E-state index in [1.54, 1.807) is 0 Å². The Morgan fingerprint density at radius 2 is 2.00 bits per heavy atom. The third kappa shape index (κ3) is 4.70. The topological polar surface area (TPSA) is 98.5 Å². The van der Waals surface area contributed by atoms with E-state index in [0.29, 0.717) is 0 Å². The molecule has 0 aromatic heterocycles. The van der Waals surface area contributed by atoms with Gasteiger partial charge in [0.15, 0.2) is 0 Å². The highest BCUT2D eigenvalue weighted by Crippen LogP contribution is 2.27. The maximum Gasteiger partial charge on any atom is 0.397 e. The summed E-state index contributed by atoms with van der Waals surface area (Å²) >= 11 is 0. The van der Waals surface area contributed by atoms with E-state index < -0.39 is 28.5 Å². The van der Waals surface area contributed by atoms with E-state index in [4.69, 9.17) is 9.88 Å². The molecule has 3 N–H and O–H groups in total. The number of nitrogens with one attached hydrogen (secondary N) is 1. The Balaban J connectivity index is 2.98. The van der Waals surface area contributed by atoms with Crippen LogP contribution in [0.25, 0.3) is 0 Å². The highest BCUT2D eigenvalue weighted by atomic mass is 32.2. The Morgan fingerprint density at radius 1 is 1.40 bits per heavy atom. The van der Waals surface area contributed by atoms with Crippen molar-refractivity contribution in [2.75, 3.05) is 12.4 Å². The van der Waals surface area contributed by atoms with Crippen molar-refractivity contribution < 1.29 is 31.1 Å². The van der Waals surface area contributed by atoms with Crippen LogP contribution < -0.4 is 15.2 Å². The average molecular weight is 312 g/mol. The molecule has 0 aliphatic heterocycles. The van der Waals surface area contributed by atoms with E-state index in [1.807, 2.05) is 5.32 Å². The molecule has 112 valence electrons. The minimum Gasteiger partial charge on any atom is -0.495 e. The lowest BCUT2D eigenvalue weighted by atomic mass is 10.3. The van der Waals surface area contributed by atoms with E-state index >= 15 is 0 Å². The third-order valence-corrected chi connectivity index (χ3v) is 3.07. The summed E-state index contributed by atoms with van der Waals surface area (Å²) in [6, 6.07) is 3.20. The number of carbonyl (C=O) groups is 1. The lowest BCUT2D eigenvalue weighted by Crippen LogP contribution is -2.21. The fourth-order valence-corrected chi connectivity index (χ4v) is 2.05. The summed E-state index contributed by atoms with van der Waals surface area (Å²) in [6.07, 6.45) is -6.28. The van der Waals surface area contributed by atoms with Gasteiger partial charge in [-0.1, -0.05) is 0 Å². The molecule has 10 heteroatoms. The number of primary sulfonamides is 1. The SMILES string of the molecule is COc1cc(NC(=O)CC(F)(F)F)ccc1S(N)(=O)=O. The number of hydrogen-bond donors (Lipinski definition) is 2. The smallest absolute Gasteiger partial charge is 0.397 e. The summed E-state index contributed by atoms with van der Waals surface area (Å²) in [4.78, 5) is 10.8. The number of methoxy groups -OCH3 is 1. The van der Waals surface area contributed by atoms with Crippen LogP contribution in [0.15, 0.2) is 23.1 Å². The van der Waals surface area contributed by atoms with Gasteiger partial charge in [0.2, 0.25) is 15.9 Å². The molecule has 0 aliphatic carbocycles. The van der Waals surface area contributed by atoms with Gasteiger partial charge in [0.25, 0.3) is 0 Å². The van der Waals surface area contributed by atoms with Crippen LogP contribution in [0.1, 0.15) is 6.42 Å². The number of ether oxygens (including phenoxy) is 1. The predicted molar refractivity (Wildman–Crippen MR) is 63.7 cm³/mol. The first-order valence-corrected chi connectivity index (χ1v) is 6.65. The number of anilines is 1. The van der Waals surface area contributed by atoms with E-state index in [-0.39, 0.29) is 16.3 Å². The maximum atomic E-state index is 12.0. The van der Waals surface area contributed by atoms with Gasteiger partial charge in [0.1, 0.15) is 17.1 Å². The van der Waals surface area contributed by atoms with Crippen LogP contribution in [0.4, 0.5) is 18.9 Å². The van der Waals surface area contributed by atoms with Crippen LogP contribution in [0.5, 0.6) is 5.75 Å². The second-order valence-corrected chi connectivity index (χ2v) is 5.28. The monoisotopic (exact) mass is 312 g/mol. The van der Waals surface area contributed by atoms with Crippen molar-refractivity contribution in [3.63, 3.8) is 0 Å². The standard InChI is InChI=1S/C10H11F3N2O4S/c1-19-7-4-6(2-3-8(7)20(14,17)18)15-9(16)5-10(11,12)13/h2-4H,5H2,1H3,(H,15,16)(H2,14,17,18). The van der Waals surface area contributed by atoms with Crippen molar-refractivity contribution in [3.8, 4) is 5.75 Å². The number of amides is 1. The summed E-state index contributed by atoms with van der Waals surface area (Å²) in [6.45, 7) is 0. The molecule has 0 aliphatic rings. The van der Waals surface area contributed by atoms with Crippen molar-refractivity contribution in [3.05, 3.63) is 18.2 Å². The molecular formula is C10H11F3N2O4S. The fraction of sp³-hybridized carbons (Fsp3) is 0.300. The van der Waals surface area contributed by atoms with Gasteiger partial charge in [0.05, 0.1) is 7.11 Å². The number of nitrogens with two attached hydrogens (primary N) is 1. The highest BCUT2D eigenvalue weighted by molar-refractivity contribution is 7.89. The van der Waals surface area contributed by atoms with E-state index in [0.717, 1.165) is 25.3 Å². The van der Waals surface area contributed by atoms with Crippen molar-refractivity contribution in [1.29, 1.82) is 0 Å². The Labute approximate surface area is 112 Å². The molecule has 0 radical (unpaired) electrons. The van der Waals surface area contributed by atoms with Gasteiger partial charge in [-0.15, -0.1) is 0 Å². The molecule has 1 aromatic carbocycles. The second-order valence-electron chi connectivity index (χ2n) is 3.75. The Morgan fingerprint density at radius 3 is 2.45 bits per heavy atom. The lowest BCUT2D eigenvalue weighted by molar-refractivity contribution is -0.150. The Kier molecular flexibility index (Phi) is 4.61. The minimum atomic E-state index is -4.63. The normalized spacial score (nSPS) is 12.1. The largest absolute Gasteiger partial charge is 0.495 e. The summed E-state index contributed by atoms with van der Waals surface area (Å²) in [5.41, 5.74) is -0.0384. The number of rotatable bonds is 4. The first-order chi connectivity index (χ1) is 9.03. The van der Waals surface area contributed by atoms with Gasteiger partial charge in [-0.25, -0.2) is 13.6 Å². The van der Waals surface area contributed by atoms with Gasteiger partial charge < -0.3 is 10.1 Å². The molecule has 1 amide bonds. The molecular weight excluding hydrogens is 301 g/mol. The Bertz CT molecular complexity index is 613. The van der Waals surface area contributed by atoms with Gasteiger partial charge in [-0.2, -0.15) is 13.2 Å². The molecule has 1 aromatic rings. The quantitative estimate of drug-likeness (QED) is 0.873. The zero-order valence-corrected chi connectivity index (χ0v) is 11.0.